The maximum atomic E-state index is 13.8. The summed E-state index contributed by atoms with van der Waals surface area (Å²) in [6, 6.07) is 23.0. The lowest BCUT2D eigenvalue weighted by molar-refractivity contribution is -0.0794. The first-order chi connectivity index (χ1) is 18.5. The molecule has 0 N–H and O–H groups in total. The third-order valence-electron chi connectivity index (χ3n) is 9.62. The Labute approximate surface area is 226 Å². The summed E-state index contributed by atoms with van der Waals surface area (Å²) in [6.07, 6.45) is 5.72. The summed E-state index contributed by atoms with van der Waals surface area (Å²) >= 11 is 0. The molecule has 0 bridgehead atoms. The third-order valence-corrected chi connectivity index (χ3v) is 9.62. The van der Waals surface area contributed by atoms with Crippen LogP contribution in [0.3, 0.4) is 0 Å². The lowest BCUT2D eigenvalue weighted by Crippen LogP contribution is -2.61. The number of hydrogen-bond donors (Lipinski definition) is 0. The van der Waals surface area contributed by atoms with Gasteiger partial charge in [0.25, 0.3) is 5.91 Å². The molecular formula is C33H40N2O3. The van der Waals surface area contributed by atoms with E-state index in [4.69, 9.17) is 9.47 Å². The van der Waals surface area contributed by atoms with Crippen LogP contribution in [0.5, 0.6) is 5.75 Å². The van der Waals surface area contributed by atoms with Gasteiger partial charge in [-0.15, -0.1) is 0 Å². The molecule has 6 rings (SSSR count). The molecule has 2 saturated carbocycles. The molecular weight excluding hydrogens is 472 g/mol. The van der Waals surface area contributed by atoms with E-state index in [0.29, 0.717) is 5.92 Å². The van der Waals surface area contributed by atoms with Gasteiger partial charge in [-0.25, -0.2) is 0 Å². The van der Waals surface area contributed by atoms with E-state index in [9.17, 15) is 4.79 Å². The molecule has 1 saturated heterocycles. The maximum absolute atomic E-state index is 13.8. The number of piperidine rings is 1. The van der Waals surface area contributed by atoms with Gasteiger partial charge < -0.3 is 19.3 Å². The van der Waals surface area contributed by atoms with Crippen molar-refractivity contribution in [3.63, 3.8) is 0 Å². The van der Waals surface area contributed by atoms with Crippen LogP contribution in [0.25, 0.3) is 10.8 Å². The lowest BCUT2D eigenvalue weighted by Gasteiger charge is -2.56. The number of likely N-dealkylation sites (tertiary alicyclic amines) is 1. The van der Waals surface area contributed by atoms with Crippen molar-refractivity contribution in [3.8, 4) is 5.75 Å². The van der Waals surface area contributed by atoms with Gasteiger partial charge in [0.15, 0.2) is 0 Å². The number of carbonyl (C=O) groups excluding carboxylic acids is 1. The lowest BCUT2D eigenvalue weighted by atomic mass is 9.56. The highest BCUT2D eigenvalue weighted by molar-refractivity contribution is 5.98. The minimum absolute atomic E-state index is 0.0594. The van der Waals surface area contributed by atoms with E-state index < -0.39 is 0 Å². The molecule has 5 nitrogen and oxygen atoms in total. The number of hydrogen-bond acceptors (Lipinski definition) is 4. The number of fused-ring (bicyclic) bond motifs is 2. The molecule has 3 aromatic carbocycles. The minimum Gasteiger partial charge on any atom is -0.497 e. The zero-order chi connectivity index (χ0) is 26.3. The van der Waals surface area contributed by atoms with E-state index in [1.165, 1.54) is 24.9 Å². The molecule has 4 atom stereocenters. The smallest absolute Gasteiger partial charge is 0.253 e. The molecule has 38 heavy (non-hydrogen) atoms. The summed E-state index contributed by atoms with van der Waals surface area (Å²) in [6.45, 7) is 3.36. The van der Waals surface area contributed by atoms with Crippen molar-refractivity contribution < 1.29 is 14.3 Å². The van der Waals surface area contributed by atoms with Crippen molar-refractivity contribution in [2.75, 3.05) is 40.9 Å². The first-order valence-corrected chi connectivity index (χ1v) is 14.2. The van der Waals surface area contributed by atoms with Crippen LogP contribution in [0.4, 0.5) is 0 Å². The van der Waals surface area contributed by atoms with E-state index in [0.717, 1.165) is 60.4 Å². The predicted octanol–water partition coefficient (Wildman–Crippen LogP) is 5.77. The van der Waals surface area contributed by atoms with Crippen molar-refractivity contribution in [2.45, 2.75) is 49.7 Å². The molecule has 0 radical (unpaired) electrons. The molecule has 1 amide bonds. The van der Waals surface area contributed by atoms with E-state index in [1.807, 2.05) is 49.4 Å². The third kappa shape index (κ3) is 4.71. The highest BCUT2D eigenvalue weighted by Crippen LogP contribution is 2.51. The van der Waals surface area contributed by atoms with Gasteiger partial charge in [-0.05, 0) is 85.2 Å². The van der Waals surface area contributed by atoms with Crippen LogP contribution in [0.2, 0.25) is 0 Å². The molecule has 3 aromatic rings. The van der Waals surface area contributed by atoms with Crippen LogP contribution < -0.4 is 4.74 Å². The average Bonchev–Trinajstić information content (AvgIpc) is 3.79. The molecule has 1 aliphatic heterocycles. The fourth-order valence-corrected chi connectivity index (χ4v) is 7.24. The number of amides is 1. The van der Waals surface area contributed by atoms with E-state index >= 15 is 0 Å². The first-order valence-electron chi connectivity index (χ1n) is 14.2. The zero-order valence-electron chi connectivity index (χ0n) is 22.9. The van der Waals surface area contributed by atoms with Crippen molar-refractivity contribution in [2.24, 2.45) is 11.8 Å². The van der Waals surface area contributed by atoms with Gasteiger partial charge >= 0.3 is 0 Å². The normalized spacial score (nSPS) is 27.6. The highest BCUT2D eigenvalue weighted by atomic mass is 16.5. The standard InChI is InChI=1S/C33H40N2O3/c1-34(32(36)26-14-13-24-7-4-5-8-25(24)17-26)28-19-31(38-3)30-22-35(21-23-11-12-23)16-15-33(30,20-28)27-9-6-10-29(18-27)37-2/h4-10,13-14,17-18,23,28,30-31H,11-12,15-16,19-22H2,1-3H3. The average molecular weight is 513 g/mol. The summed E-state index contributed by atoms with van der Waals surface area (Å²) in [5, 5.41) is 2.25. The van der Waals surface area contributed by atoms with Gasteiger partial charge in [0.1, 0.15) is 5.75 Å². The summed E-state index contributed by atoms with van der Waals surface area (Å²) in [5.41, 5.74) is 2.01. The Morgan fingerprint density at radius 1 is 1.03 bits per heavy atom. The number of ether oxygens (including phenoxy) is 2. The van der Waals surface area contributed by atoms with Crippen LogP contribution >= 0.6 is 0 Å². The largest absolute Gasteiger partial charge is 0.497 e. The predicted molar refractivity (Wildman–Crippen MR) is 152 cm³/mol. The molecule has 200 valence electrons. The second kappa shape index (κ2) is 10.3. The Morgan fingerprint density at radius 2 is 1.84 bits per heavy atom. The molecule has 0 spiro atoms. The number of methoxy groups -OCH3 is 2. The number of nitrogens with zero attached hydrogens (tertiary/aromatic N) is 2. The molecule has 2 aliphatic carbocycles. The first kappa shape index (κ1) is 25.4. The van der Waals surface area contributed by atoms with Gasteiger partial charge in [-0.1, -0.05) is 42.5 Å². The molecule has 4 unspecified atom stereocenters. The van der Waals surface area contributed by atoms with Crippen LogP contribution in [0.1, 0.15) is 48.0 Å². The second-order valence-electron chi connectivity index (χ2n) is 11.8. The zero-order valence-corrected chi connectivity index (χ0v) is 22.9. The summed E-state index contributed by atoms with van der Waals surface area (Å²) < 4.78 is 11.9. The topological polar surface area (TPSA) is 42.0 Å². The number of benzene rings is 3. The van der Waals surface area contributed by atoms with Crippen molar-refractivity contribution in [3.05, 3.63) is 77.9 Å². The van der Waals surface area contributed by atoms with Crippen molar-refractivity contribution in [1.29, 1.82) is 0 Å². The van der Waals surface area contributed by atoms with E-state index in [1.54, 1.807) is 7.11 Å². The van der Waals surface area contributed by atoms with Crippen LogP contribution in [0.15, 0.2) is 66.7 Å². The van der Waals surface area contributed by atoms with Crippen LogP contribution in [-0.2, 0) is 10.2 Å². The molecule has 3 fully saturated rings. The Balaban J connectivity index is 1.32. The maximum Gasteiger partial charge on any atom is 0.253 e. The summed E-state index contributed by atoms with van der Waals surface area (Å²) in [4.78, 5) is 18.5. The summed E-state index contributed by atoms with van der Waals surface area (Å²) in [5.74, 6) is 2.24. The molecule has 5 heteroatoms. The Kier molecular flexibility index (Phi) is 6.92. The van der Waals surface area contributed by atoms with Crippen LogP contribution in [0, 0.1) is 11.8 Å². The fraction of sp³-hybridized carbons (Fsp3) is 0.485. The number of carbonyl (C=O) groups is 1. The fourth-order valence-electron chi connectivity index (χ4n) is 7.24. The van der Waals surface area contributed by atoms with E-state index in [2.05, 4.69) is 41.3 Å². The van der Waals surface area contributed by atoms with Gasteiger partial charge in [0.05, 0.1) is 13.2 Å². The highest BCUT2D eigenvalue weighted by Gasteiger charge is 2.53. The van der Waals surface area contributed by atoms with Gasteiger partial charge in [-0.3, -0.25) is 4.79 Å². The minimum atomic E-state index is -0.0594. The molecule has 0 aromatic heterocycles. The van der Waals surface area contributed by atoms with Crippen molar-refractivity contribution in [1.82, 2.24) is 9.80 Å². The van der Waals surface area contributed by atoms with E-state index in [-0.39, 0.29) is 23.5 Å². The number of rotatable bonds is 7. The van der Waals surface area contributed by atoms with Crippen molar-refractivity contribution >= 4 is 16.7 Å². The summed E-state index contributed by atoms with van der Waals surface area (Å²) in [7, 11) is 5.58. The van der Waals surface area contributed by atoms with Crippen LogP contribution in [-0.4, -0.2) is 68.8 Å². The molecule has 1 heterocycles. The monoisotopic (exact) mass is 512 g/mol. The van der Waals surface area contributed by atoms with Gasteiger partial charge in [0.2, 0.25) is 0 Å². The quantitative estimate of drug-likeness (QED) is 0.403. The second-order valence-corrected chi connectivity index (χ2v) is 11.8. The Morgan fingerprint density at radius 3 is 2.61 bits per heavy atom. The SMILES string of the molecule is COc1cccc(C23CCN(CC4CC4)CC2C(OC)CC(N(C)C(=O)c2ccc4ccccc4c2)C3)c1. The van der Waals surface area contributed by atoms with Gasteiger partial charge in [-0.2, -0.15) is 0 Å². The molecule has 3 aliphatic rings. The van der Waals surface area contributed by atoms with Gasteiger partial charge in [0, 0.05) is 50.2 Å². The Hall–Kier alpha value is -2.89. The Bertz CT molecular complexity index is 1300.